The Morgan fingerprint density at radius 1 is 1.20 bits per heavy atom. The molecule has 5 nitrogen and oxygen atoms in total. The summed E-state index contributed by atoms with van der Waals surface area (Å²) in [5.41, 5.74) is -0.849. The van der Waals surface area contributed by atoms with Gasteiger partial charge in [0.15, 0.2) is 5.60 Å². The van der Waals surface area contributed by atoms with Gasteiger partial charge < -0.3 is 15.0 Å². The summed E-state index contributed by atoms with van der Waals surface area (Å²) in [4.78, 5) is 12.6. The normalized spacial score (nSPS) is 13.7. The monoisotopic (exact) mass is 415 g/mol. The van der Waals surface area contributed by atoms with Gasteiger partial charge in [-0.1, -0.05) is 11.6 Å². The van der Waals surface area contributed by atoms with Gasteiger partial charge >= 0.3 is 6.18 Å². The van der Waals surface area contributed by atoms with Crippen LogP contribution in [0.2, 0.25) is 0 Å². The van der Waals surface area contributed by atoms with Crippen LogP contribution in [0.15, 0.2) is 42.6 Å². The van der Waals surface area contributed by atoms with Gasteiger partial charge in [0.2, 0.25) is 0 Å². The Morgan fingerprint density at radius 2 is 1.90 bits per heavy atom. The van der Waals surface area contributed by atoms with Crippen LogP contribution >= 0.6 is 0 Å². The maximum Gasteiger partial charge on any atom is 0.417 e. The summed E-state index contributed by atoms with van der Waals surface area (Å²) in [7, 11) is 0. The van der Waals surface area contributed by atoms with Gasteiger partial charge in [-0.05, 0) is 56.7 Å². The molecule has 0 fully saturated rings. The zero-order valence-electron chi connectivity index (χ0n) is 16.6. The molecule has 1 heterocycles. The Labute approximate surface area is 171 Å². The first-order valence-electron chi connectivity index (χ1n) is 9.13. The van der Waals surface area contributed by atoms with E-state index < -0.39 is 28.8 Å². The van der Waals surface area contributed by atoms with E-state index in [0.717, 1.165) is 28.1 Å². The first-order chi connectivity index (χ1) is 13.9. The highest BCUT2D eigenvalue weighted by Gasteiger charge is 2.35. The largest absolute Gasteiger partial charge is 0.417 e. The van der Waals surface area contributed by atoms with Crippen molar-refractivity contribution in [1.82, 2.24) is 4.57 Å². The van der Waals surface area contributed by atoms with Gasteiger partial charge in [-0.25, -0.2) is 0 Å². The lowest BCUT2D eigenvalue weighted by Gasteiger charge is -2.24. The lowest BCUT2D eigenvalue weighted by Crippen LogP contribution is -2.43. The van der Waals surface area contributed by atoms with Crippen molar-refractivity contribution in [3.05, 3.63) is 64.8 Å². The zero-order valence-corrected chi connectivity index (χ0v) is 16.6. The van der Waals surface area contributed by atoms with Crippen LogP contribution in [-0.4, -0.2) is 21.2 Å². The van der Waals surface area contributed by atoms with Crippen molar-refractivity contribution in [2.24, 2.45) is 0 Å². The number of amides is 1. The fourth-order valence-electron chi connectivity index (χ4n) is 3.34. The highest BCUT2D eigenvalue weighted by Crippen LogP contribution is 2.34. The van der Waals surface area contributed by atoms with E-state index in [2.05, 4.69) is 5.32 Å². The molecule has 2 aromatic carbocycles. The molecule has 0 radical (unpaired) electrons. The van der Waals surface area contributed by atoms with Crippen LogP contribution < -0.4 is 5.32 Å². The number of nitrogens with one attached hydrogen (secondary N) is 1. The average molecular weight is 415 g/mol. The van der Waals surface area contributed by atoms with Crippen molar-refractivity contribution in [3.8, 4) is 6.07 Å². The topological polar surface area (TPSA) is 78.1 Å². The number of nitriles is 1. The number of anilines is 1. The number of rotatable bonds is 4. The molecule has 0 spiro atoms. The first-order valence-corrected chi connectivity index (χ1v) is 9.13. The number of nitrogens with zero attached hydrogens (tertiary/aromatic N) is 2. The van der Waals surface area contributed by atoms with E-state index in [1.54, 1.807) is 4.57 Å². The van der Waals surface area contributed by atoms with E-state index in [9.17, 15) is 23.1 Å². The van der Waals surface area contributed by atoms with E-state index in [0.29, 0.717) is 6.07 Å². The number of hydrogen-bond donors (Lipinski definition) is 2. The van der Waals surface area contributed by atoms with E-state index in [-0.39, 0.29) is 12.2 Å². The highest BCUT2D eigenvalue weighted by molar-refractivity contribution is 5.97. The van der Waals surface area contributed by atoms with Gasteiger partial charge in [0.25, 0.3) is 5.91 Å². The molecular weight excluding hydrogens is 395 g/mol. The van der Waals surface area contributed by atoms with Crippen LogP contribution in [0.3, 0.4) is 0 Å². The highest BCUT2D eigenvalue weighted by atomic mass is 19.4. The first kappa shape index (κ1) is 21.4. The molecule has 0 aliphatic heterocycles. The molecule has 156 valence electrons. The zero-order chi connectivity index (χ0) is 22.3. The van der Waals surface area contributed by atoms with Gasteiger partial charge in [0.1, 0.15) is 0 Å². The van der Waals surface area contributed by atoms with Crippen LogP contribution in [0.1, 0.15) is 29.2 Å². The minimum atomic E-state index is -4.74. The molecule has 0 bridgehead atoms. The fourth-order valence-corrected chi connectivity index (χ4v) is 3.34. The standard InChI is InChI=1S/C22H20F3N3O2/c1-13-4-7-19-17(8-13)14(2)11-28(19)12-21(3,30)20(29)27-16-6-5-15(10-26)18(9-16)22(23,24)25/h4-9,11,30H,12H2,1-3H3,(H,27,29). The smallest absolute Gasteiger partial charge is 0.378 e. The molecule has 0 aliphatic carbocycles. The third-order valence-corrected chi connectivity index (χ3v) is 4.91. The predicted octanol–water partition coefficient (Wildman–Crippen LogP) is 4.54. The number of carbonyl (C=O) groups is 1. The van der Waals surface area contributed by atoms with Crippen LogP contribution in [-0.2, 0) is 17.5 Å². The number of alkyl halides is 3. The summed E-state index contributed by atoms with van der Waals surface area (Å²) >= 11 is 0. The number of halogens is 3. The van der Waals surface area contributed by atoms with Crippen molar-refractivity contribution in [1.29, 1.82) is 5.26 Å². The van der Waals surface area contributed by atoms with E-state index in [4.69, 9.17) is 5.26 Å². The summed E-state index contributed by atoms with van der Waals surface area (Å²) in [5, 5.41) is 22.9. The Morgan fingerprint density at radius 3 is 2.53 bits per heavy atom. The van der Waals surface area contributed by atoms with Gasteiger partial charge in [-0.2, -0.15) is 18.4 Å². The lowest BCUT2D eigenvalue weighted by atomic mass is 10.0. The SMILES string of the molecule is Cc1ccc2c(c1)c(C)cn2CC(C)(O)C(=O)Nc1ccc(C#N)c(C(F)(F)F)c1. The van der Waals surface area contributed by atoms with Crippen LogP contribution in [0.25, 0.3) is 10.9 Å². The fraction of sp³-hybridized carbons (Fsp3) is 0.273. The number of aliphatic hydroxyl groups is 1. The third-order valence-electron chi connectivity index (χ3n) is 4.91. The number of carbonyl (C=O) groups excluding carboxylic acids is 1. The quantitative estimate of drug-likeness (QED) is 0.657. The molecule has 3 aromatic rings. The molecule has 0 saturated carbocycles. The number of benzene rings is 2. The summed E-state index contributed by atoms with van der Waals surface area (Å²) in [6.07, 6.45) is -2.93. The summed E-state index contributed by atoms with van der Waals surface area (Å²) in [6, 6.07) is 10.2. The molecule has 1 atom stereocenters. The van der Waals surface area contributed by atoms with Crippen LogP contribution in [0, 0.1) is 25.2 Å². The summed E-state index contributed by atoms with van der Waals surface area (Å²) in [5.74, 6) is -0.855. The minimum Gasteiger partial charge on any atom is -0.378 e. The number of aromatic nitrogens is 1. The Balaban J connectivity index is 1.86. The Hall–Kier alpha value is -3.31. The van der Waals surface area contributed by atoms with Crippen molar-refractivity contribution in [3.63, 3.8) is 0 Å². The van der Waals surface area contributed by atoms with E-state index in [1.165, 1.54) is 19.1 Å². The molecule has 1 amide bonds. The average Bonchev–Trinajstić information content (AvgIpc) is 2.95. The van der Waals surface area contributed by atoms with Crippen molar-refractivity contribution < 1.29 is 23.1 Å². The minimum absolute atomic E-state index is 0.0886. The number of hydrogen-bond acceptors (Lipinski definition) is 3. The van der Waals surface area contributed by atoms with Gasteiger partial charge in [-0.15, -0.1) is 0 Å². The second kappa shape index (κ2) is 7.50. The molecule has 30 heavy (non-hydrogen) atoms. The molecule has 1 unspecified atom stereocenters. The predicted molar refractivity (Wildman–Crippen MR) is 107 cm³/mol. The van der Waals surface area contributed by atoms with Crippen LogP contribution in [0.5, 0.6) is 0 Å². The molecule has 8 heteroatoms. The number of fused-ring (bicyclic) bond motifs is 1. The Kier molecular flexibility index (Phi) is 5.35. The van der Waals surface area contributed by atoms with Crippen LogP contribution in [0.4, 0.5) is 18.9 Å². The second-order valence-corrected chi connectivity index (χ2v) is 7.56. The summed E-state index contributed by atoms with van der Waals surface area (Å²) in [6.45, 7) is 5.09. The summed E-state index contributed by atoms with van der Waals surface area (Å²) < 4.78 is 41.2. The van der Waals surface area contributed by atoms with E-state index >= 15 is 0 Å². The molecule has 0 aliphatic rings. The molecule has 0 saturated heterocycles. The van der Waals surface area contributed by atoms with Crippen molar-refractivity contribution in [2.75, 3.05) is 5.32 Å². The molecule has 1 aromatic heterocycles. The lowest BCUT2D eigenvalue weighted by molar-refractivity contribution is -0.138. The van der Waals surface area contributed by atoms with Crippen molar-refractivity contribution in [2.45, 2.75) is 39.1 Å². The second-order valence-electron chi connectivity index (χ2n) is 7.56. The Bertz CT molecular complexity index is 1170. The van der Waals surface area contributed by atoms with Gasteiger partial charge in [-0.3, -0.25) is 4.79 Å². The molecule has 2 N–H and O–H groups in total. The van der Waals surface area contributed by atoms with Gasteiger partial charge in [0.05, 0.1) is 23.7 Å². The van der Waals surface area contributed by atoms with E-state index in [1.807, 2.05) is 38.2 Å². The maximum atomic E-state index is 13.1. The molecule has 3 rings (SSSR count). The van der Waals surface area contributed by atoms with Gasteiger partial charge in [0, 0.05) is 22.8 Å². The third kappa shape index (κ3) is 4.16. The molecular formula is C22H20F3N3O2. The maximum absolute atomic E-state index is 13.1. The van der Waals surface area contributed by atoms with Crippen molar-refractivity contribution >= 4 is 22.5 Å². The number of aryl methyl sites for hydroxylation is 2.